The Morgan fingerprint density at radius 3 is 2.83 bits per heavy atom. The first-order valence-corrected chi connectivity index (χ1v) is 10.1. The van der Waals surface area contributed by atoms with E-state index in [0.29, 0.717) is 29.7 Å². The van der Waals surface area contributed by atoms with Crippen LogP contribution in [0.3, 0.4) is 0 Å². The lowest BCUT2D eigenvalue weighted by Crippen LogP contribution is -2.34. The number of aliphatic imine (C=N–C) groups is 1. The SMILES string of the molecule is CC=CC1C=CC(C2CC=NC2C2CCC=C(Cl)C2)CC1C(C)C. The van der Waals surface area contributed by atoms with Crippen LogP contribution in [0.25, 0.3) is 0 Å². The van der Waals surface area contributed by atoms with Crippen LogP contribution in [0.5, 0.6) is 0 Å². The van der Waals surface area contributed by atoms with Crippen molar-refractivity contribution < 1.29 is 0 Å². The van der Waals surface area contributed by atoms with Gasteiger partial charge in [-0.1, -0.05) is 55.8 Å². The van der Waals surface area contributed by atoms with Gasteiger partial charge in [-0.05, 0) is 80.7 Å². The number of nitrogens with zero attached hydrogens (tertiary/aromatic N) is 1. The fourth-order valence-corrected chi connectivity index (χ4v) is 5.37. The molecule has 0 aromatic rings. The summed E-state index contributed by atoms with van der Waals surface area (Å²) >= 11 is 6.33. The molecular weight excluding hydrogens is 314 g/mol. The van der Waals surface area contributed by atoms with Gasteiger partial charge in [0.2, 0.25) is 0 Å². The molecule has 3 aliphatic rings. The Balaban J connectivity index is 1.73. The summed E-state index contributed by atoms with van der Waals surface area (Å²) in [5.41, 5.74) is 0. The van der Waals surface area contributed by atoms with Crippen molar-refractivity contribution in [3.8, 4) is 0 Å². The lowest BCUT2D eigenvalue weighted by molar-refractivity contribution is 0.192. The second-order valence-electron chi connectivity index (χ2n) is 8.21. The molecule has 0 saturated carbocycles. The van der Waals surface area contributed by atoms with Crippen LogP contribution in [0.4, 0.5) is 0 Å². The monoisotopic (exact) mass is 345 g/mol. The van der Waals surface area contributed by atoms with Crippen molar-refractivity contribution >= 4 is 17.8 Å². The summed E-state index contributed by atoms with van der Waals surface area (Å²) in [6.45, 7) is 6.90. The summed E-state index contributed by atoms with van der Waals surface area (Å²) in [6.07, 6.45) is 19.8. The van der Waals surface area contributed by atoms with E-state index in [9.17, 15) is 0 Å². The van der Waals surface area contributed by atoms with Crippen LogP contribution in [0.15, 0.2) is 40.4 Å². The van der Waals surface area contributed by atoms with Gasteiger partial charge >= 0.3 is 0 Å². The van der Waals surface area contributed by atoms with Crippen LogP contribution >= 0.6 is 11.6 Å². The largest absolute Gasteiger partial charge is 0.294 e. The predicted molar refractivity (Wildman–Crippen MR) is 106 cm³/mol. The first-order valence-electron chi connectivity index (χ1n) is 9.77. The minimum atomic E-state index is 0.480. The molecule has 3 rings (SSSR count). The van der Waals surface area contributed by atoms with Gasteiger partial charge in [0.15, 0.2) is 0 Å². The summed E-state index contributed by atoms with van der Waals surface area (Å²) in [7, 11) is 0. The third kappa shape index (κ3) is 3.87. The van der Waals surface area contributed by atoms with E-state index in [2.05, 4.69) is 57.4 Å². The van der Waals surface area contributed by atoms with E-state index >= 15 is 0 Å². The van der Waals surface area contributed by atoms with Crippen LogP contribution in [0, 0.1) is 35.5 Å². The highest BCUT2D eigenvalue weighted by atomic mass is 35.5. The van der Waals surface area contributed by atoms with E-state index in [1.165, 1.54) is 12.8 Å². The number of allylic oxidation sites excluding steroid dienone is 6. The third-order valence-corrected chi connectivity index (χ3v) is 6.69. The van der Waals surface area contributed by atoms with Crippen LogP contribution in [0.1, 0.15) is 52.9 Å². The number of hydrogen-bond donors (Lipinski definition) is 0. The molecule has 2 aliphatic carbocycles. The van der Waals surface area contributed by atoms with Gasteiger partial charge in [0.05, 0.1) is 6.04 Å². The summed E-state index contributed by atoms with van der Waals surface area (Å²) in [6, 6.07) is 0.480. The highest BCUT2D eigenvalue weighted by molar-refractivity contribution is 6.29. The zero-order valence-corrected chi connectivity index (χ0v) is 16.1. The minimum absolute atomic E-state index is 0.480. The molecule has 0 amide bonds. The Morgan fingerprint density at radius 1 is 1.29 bits per heavy atom. The molecule has 0 aromatic carbocycles. The minimum Gasteiger partial charge on any atom is -0.294 e. The van der Waals surface area contributed by atoms with Crippen molar-refractivity contribution in [3.05, 3.63) is 35.4 Å². The summed E-state index contributed by atoms with van der Waals surface area (Å²) in [4.78, 5) is 4.92. The Labute approximate surface area is 153 Å². The van der Waals surface area contributed by atoms with Gasteiger partial charge in [0.1, 0.15) is 0 Å². The highest BCUT2D eigenvalue weighted by Gasteiger charge is 2.39. The zero-order valence-electron chi connectivity index (χ0n) is 15.4. The maximum absolute atomic E-state index is 6.33. The smallest absolute Gasteiger partial charge is 0.0564 e. The quantitative estimate of drug-likeness (QED) is 0.522. The Kier molecular flexibility index (Phi) is 6.02. The maximum atomic E-state index is 6.33. The second kappa shape index (κ2) is 8.04. The van der Waals surface area contributed by atoms with E-state index in [4.69, 9.17) is 16.6 Å². The zero-order chi connectivity index (χ0) is 17.1. The molecule has 0 N–H and O–H groups in total. The number of halogens is 1. The Hall–Kier alpha value is -0.820. The Bertz CT molecular complexity index is 542. The van der Waals surface area contributed by atoms with Gasteiger partial charge in [-0.25, -0.2) is 0 Å². The molecule has 0 fully saturated rings. The van der Waals surface area contributed by atoms with Crippen molar-refractivity contribution in [1.82, 2.24) is 0 Å². The van der Waals surface area contributed by atoms with Crippen LogP contribution in [0.2, 0.25) is 0 Å². The van der Waals surface area contributed by atoms with Crippen LogP contribution in [-0.4, -0.2) is 12.3 Å². The van der Waals surface area contributed by atoms with Crippen molar-refractivity contribution in [3.63, 3.8) is 0 Å². The van der Waals surface area contributed by atoms with Crippen molar-refractivity contribution in [2.24, 2.45) is 40.5 Å². The molecule has 2 heteroatoms. The van der Waals surface area contributed by atoms with Gasteiger partial charge in [-0.3, -0.25) is 4.99 Å². The lowest BCUT2D eigenvalue weighted by Gasteiger charge is -2.39. The summed E-state index contributed by atoms with van der Waals surface area (Å²) in [5.74, 6) is 4.10. The molecule has 6 atom stereocenters. The third-order valence-electron chi connectivity index (χ3n) is 6.38. The van der Waals surface area contributed by atoms with E-state index in [1.54, 1.807) is 0 Å². The van der Waals surface area contributed by atoms with Crippen LogP contribution < -0.4 is 0 Å². The summed E-state index contributed by atoms with van der Waals surface area (Å²) in [5, 5.41) is 1.06. The molecule has 1 aliphatic heterocycles. The van der Waals surface area contributed by atoms with Gasteiger partial charge in [0.25, 0.3) is 0 Å². The number of hydrogen-bond acceptors (Lipinski definition) is 1. The average Bonchev–Trinajstić information content (AvgIpc) is 3.05. The number of rotatable bonds is 4. The first kappa shape index (κ1) is 18.0. The maximum Gasteiger partial charge on any atom is 0.0564 e. The standard InChI is InChI=1S/C22H32ClN/c1-4-6-16-9-10-17(14-21(16)15(2)3)20-11-12-24-22(20)18-7-5-8-19(23)13-18/h4,6,8-10,12,15-18,20-22H,5,7,11,13-14H2,1-3H3. The predicted octanol–water partition coefficient (Wildman–Crippen LogP) is 6.41. The van der Waals surface area contributed by atoms with Gasteiger partial charge in [-0.2, -0.15) is 0 Å². The highest BCUT2D eigenvalue weighted by Crippen LogP contribution is 2.44. The van der Waals surface area contributed by atoms with Crippen molar-refractivity contribution in [2.75, 3.05) is 0 Å². The molecule has 132 valence electrons. The summed E-state index contributed by atoms with van der Waals surface area (Å²) < 4.78 is 0. The molecule has 0 bridgehead atoms. The van der Waals surface area contributed by atoms with Crippen molar-refractivity contribution in [1.29, 1.82) is 0 Å². The van der Waals surface area contributed by atoms with Crippen molar-refractivity contribution in [2.45, 2.75) is 58.9 Å². The molecular formula is C22H32ClN. The van der Waals surface area contributed by atoms with E-state index in [0.717, 1.165) is 36.1 Å². The van der Waals surface area contributed by atoms with Gasteiger partial charge < -0.3 is 0 Å². The molecule has 0 spiro atoms. The normalized spacial score (nSPS) is 39.8. The molecule has 0 radical (unpaired) electrons. The average molecular weight is 346 g/mol. The topological polar surface area (TPSA) is 12.4 Å². The first-order chi connectivity index (χ1) is 11.6. The van der Waals surface area contributed by atoms with E-state index in [1.807, 2.05) is 0 Å². The van der Waals surface area contributed by atoms with Gasteiger partial charge in [-0.15, -0.1) is 0 Å². The van der Waals surface area contributed by atoms with E-state index < -0.39 is 0 Å². The Morgan fingerprint density at radius 2 is 2.12 bits per heavy atom. The van der Waals surface area contributed by atoms with E-state index in [-0.39, 0.29) is 0 Å². The molecule has 6 unspecified atom stereocenters. The fraction of sp³-hybridized carbons (Fsp3) is 0.682. The fourth-order valence-electron chi connectivity index (χ4n) is 5.06. The van der Waals surface area contributed by atoms with Crippen LogP contribution in [-0.2, 0) is 0 Å². The molecule has 1 nitrogen and oxygen atoms in total. The second-order valence-corrected chi connectivity index (χ2v) is 8.70. The molecule has 0 saturated heterocycles. The molecule has 0 aromatic heterocycles. The molecule has 24 heavy (non-hydrogen) atoms. The van der Waals surface area contributed by atoms with Gasteiger partial charge in [0, 0.05) is 5.03 Å². The lowest BCUT2D eigenvalue weighted by atomic mass is 9.67. The molecule has 1 heterocycles.